The zero-order valence-electron chi connectivity index (χ0n) is 15.4. The molecule has 7 heteroatoms. The summed E-state index contributed by atoms with van der Waals surface area (Å²) < 4.78 is 5.35. The monoisotopic (exact) mass is 369 g/mol. The fraction of sp³-hybridized carbons (Fsp3) is 0.250. The van der Waals surface area contributed by atoms with E-state index >= 15 is 0 Å². The maximum Gasteiger partial charge on any atom is 0.323 e. The van der Waals surface area contributed by atoms with Crippen molar-refractivity contribution in [1.82, 2.24) is 5.32 Å². The van der Waals surface area contributed by atoms with Crippen LogP contribution in [0.25, 0.3) is 0 Å². The molecule has 0 aliphatic rings. The van der Waals surface area contributed by atoms with Gasteiger partial charge in [0.2, 0.25) is 0 Å². The predicted octanol–water partition coefficient (Wildman–Crippen LogP) is 3.44. The number of urea groups is 1. The molecule has 0 atom stereocenters. The molecule has 0 saturated carbocycles. The number of carbonyl (C=O) groups is 3. The van der Waals surface area contributed by atoms with Gasteiger partial charge in [-0.15, -0.1) is 0 Å². The fourth-order valence-corrected chi connectivity index (χ4v) is 2.30. The van der Waals surface area contributed by atoms with Crippen LogP contribution in [0.1, 0.15) is 30.6 Å². The normalized spacial score (nSPS) is 10.0. The van der Waals surface area contributed by atoms with E-state index in [-0.39, 0.29) is 18.3 Å². The Morgan fingerprint density at radius 2 is 1.63 bits per heavy atom. The molecule has 142 valence electrons. The molecule has 0 bridgehead atoms. The number of ether oxygens (including phenoxy) is 1. The number of amides is 3. The van der Waals surface area contributed by atoms with Crippen LogP contribution in [0.5, 0.6) is 5.75 Å². The van der Waals surface area contributed by atoms with E-state index in [2.05, 4.69) is 16.0 Å². The zero-order chi connectivity index (χ0) is 19.6. The van der Waals surface area contributed by atoms with Crippen LogP contribution in [0, 0.1) is 0 Å². The van der Waals surface area contributed by atoms with Crippen molar-refractivity contribution in [3.05, 3.63) is 54.1 Å². The fourth-order valence-electron chi connectivity index (χ4n) is 2.30. The van der Waals surface area contributed by atoms with E-state index in [0.29, 0.717) is 35.7 Å². The molecular formula is C20H23N3O4. The first-order valence-electron chi connectivity index (χ1n) is 8.72. The predicted molar refractivity (Wildman–Crippen MR) is 104 cm³/mol. The van der Waals surface area contributed by atoms with Crippen molar-refractivity contribution in [2.75, 3.05) is 23.8 Å². The third-order valence-electron chi connectivity index (χ3n) is 3.62. The van der Waals surface area contributed by atoms with E-state index < -0.39 is 6.03 Å². The molecule has 3 amide bonds. The minimum Gasteiger partial charge on any atom is -0.484 e. The maximum atomic E-state index is 12.1. The number of nitrogens with one attached hydrogen (secondary N) is 3. The lowest BCUT2D eigenvalue weighted by Crippen LogP contribution is -2.28. The molecule has 0 aliphatic heterocycles. The van der Waals surface area contributed by atoms with Crippen LogP contribution in [-0.4, -0.2) is 30.9 Å². The topological polar surface area (TPSA) is 96.5 Å². The Balaban J connectivity index is 1.89. The second kappa shape index (κ2) is 9.96. The molecule has 2 rings (SSSR count). The van der Waals surface area contributed by atoms with E-state index in [0.717, 1.165) is 0 Å². The molecule has 0 heterocycles. The Morgan fingerprint density at radius 3 is 2.30 bits per heavy atom. The van der Waals surface area contributed by atoms with Crippen LogP contribution in [0.4, 0.5) is 16.2 Å². The van der Waals surface area contributed by atoms with Gasteiger partial charge >= 0.3 is 6.03 Å². The quantitative estimate of drug-likeness (QED) is 0.621. The Labute approximate surface area is 158 Å². The van der Waals surface area contributed by atoms with Crippen LogP contribution in [0.2, 0.25) is 0 Å². The van der Waals surface area contributed by atoms with Crippen molar-refractivity contribution < 1.29 is 19.1 Å². The number of benzene rings is 2. The highest BCUT2D eigenvalue weighted by Crippen LogP contribution is 2.17. The Kier molecular flexibility index (Phi) is 7.37. The zero-order valence-corrected chi connectivity index (χ0v) is 15.4. The SMILES string of the molecule is CCNC(=O)COc1ccc(NC(=O)Nc2cccc(C(=O)CC)c2)cc1. The van der Waals surface area contributed by atoms with Gasteiger partial charge in [-0.2, -0.15) is 0 Å². The van der Waals surface area contributed by atoms with Gasteiger partial charge in [-0.1, -0.05) is 19.1 Å². The Hall–Kier alpha value is -3.35. The number of hydrogen-bond donors (Lipinski definition) is 3. The van der Waals surface area contributed by atoms with Crippen LogP contribution >= 0.6 is 0 Å². The van der Waals surface area contributed by atoms with Crippen LogP contribution in [0.3, 0.4) is 0 Å². The van der Waals surface area contributed by atoms with Gasteiger partial charge in [-0.05, 0) is 43.3 Å². The van der Waals surface area contributed by atoms with Gasteiger partial charge < -0.3 is 20.7 Å². The molecule has 2 aromatic rings. The second-order valence-electron chi connectivity index (χ2n) is 5.70. The Morgan fingerprint density at radius 1 is 0.926 bits per heavy atom. The highest BCUT2D eigenvalue weighted by molar-refractivity contribution is 6.01. The van der Waals surface area contributed by atoms with Crippen molar-refractivity contribution in [1.29, 1.82) is 0 Å². The first kappa shape index (κ1) is 20.0. The van der Waals surface area contributed by atoms with E-state index in [1.807, 2.05) is 6.92 Å². The lowest BCUT2D eigenvalue weighted by molar-refractivity contribution is -0.122. The smallest absolute Gasteiger partial charge is 0.323 e. The summed E-state index contributed by atoms with van der Waals surface area (Å²) in [5.41, 5.74) is 1.66. The minimum atomic E-state index is -0.424. The van der Waals surface area contributed by atoms with E-state index in [1.54, 1.807) is 55.5 Å². The lowest BCUT2D eigenvalue weighted by Gasteiger charge is -2.10. The number of hydrogen-bond acceptors (Lipinski definition) is 4. The maximum absolute atomic E-state index is 12.1. The van der Waals surface area contributed by atoms with E-state index in [1.165, 1.54) is 0 Å². The average Bonchev–Trinajstić information content (AvgIpc) is 2.67. The van der Waals surface area contributed by atoms with Crippen molar-refractivity contribution in [3.8, 4) is 5.75 Å². The van der Waals surface area contributed by atoms with Gasteiger partial charge in [-0.25, -0.2) is 4.79 Å². The van der Waals surface area contributed by atoms with Crippen LogP contribution in [-0.2, 0) is 4.79 Å². The first-order chi connectivity index (χ1) is 13.0. The van der Waals surface area contributed by atoms with Crippen molar-refractivity contribution in [3.63, 3.8) is 0 Å². The van der Waals surface area contributed by atoms with Crippen molar-refractivity contribution in [2.45, 2.75) is 20.3 Å². The third-order valence-corrected chi connectivity index (χ3v) is 3.62. The molecule has 0 aliphatic carbocycles. The molecule has 0 saturated heterocycles. The lowest BCUT2D eigenvalue weighted by atomic mass is 10.1. The number of Topliss-reactive ketones (excluding diaryl/α,β-unsaturated/α-hetero) is 1. The first-order valence-corrected chi connectivity index (χ1v) is 8.72. The summed E-state index contributed by atoms with van der Waals surface area (Å²) in [7, 11) is 0. The molecule has 2 aromatic carbocycles. The number of carbonyl (C=O) groups excluding carboxylic acids is 3. The number of ketones is 1. The van der Waals surface area contributed by atoms with Gasteiger partial charge in [0.05, 0.1) is 0 Å². The third kappa shape index (κ3) is 6.47. The van der Waals surface area contributed by atoms with Crippen LogP contribution in [0.15, 0.2) is 48.5 Å². The standard InChI is InChI=1S/C20H23N3O4/c1-3-18(24)14-6-5-7-16(12-14)23-20(26)22-15-8-10-17(11-9-15)27-13-19(25)21-4-2/h5-12H,3-4,13H2,1-2H3,(H,21,25)(H2,22,23,26). The van der Waals surface area contributed by atoms with Gasteiger partial charge in [-0.3, -0.25) is 9.59 Å². The second-order valence-corrected chi connectivity index (χ2v) is 5.70. The molecule has 3 N–H and O–H groups in total. The molecule has 0 fully saturated rings. The summed E-state index contributed by atoms with van der Waals surface area (Å²) in [6.45, 7) is 4.11. The summed E-state index contributed by atoms with van der Waals surface area (Å²) in [6.07, 6.45) is 0.407. The van der Waals surface area contributed by atoms with Crippen molar-refractivity contribution in [2.24, 2.45) is 0 Å². The molecule has 27 heavy (non-hydrogen) atoms. The van der Waals surface area contributed by atoms with Gasteiger partial charge in [0.1, 0.15) is 5.75 Å². The number of rotatable bonds is 8. The summed E-state index contributed by atoms with van der Waals surface area (Å²) in [5.74, 6) is 0.350. The van der Waals surface area contributed by atoms with E-state index in [4.69, 9.17) is 4.74 Å². The largest absolute Gasteiger partial charge is 0.484 e. The van der Waals surface area contributed by atoms with Crippen molar-refractivity contribution >= 4 is 29.1 Å². The Bertz CT molecular complexity index is 803. The number of likely N-dealkylation sites (N-methyl/N-ethyl adjacent to an activating group) is 1. The molecule has 0 radical (unpaired) electrons. The van der Waals surface area contributed by atoms with Gasteiger partial charge in [0.25, 0.3) is 5.91 Å². The summed E-state index contributed by atoms with van der Waals surface area (Å²) in [5, 5.41) is 8.03. The minimum absolute atomic E-state index is 0.0160. The summed E-state index contributed by atoms with van der Waals surface area (Å²) in [4.78, 5) is 35.2. The molecule has 0 unspecified atom stereocenters. The average molecular weight is 369 g/mol. The summed E-state index contributed by atoms with van der Waals surface area (Å²) in [6, 6.07) is 13.0. The molecule has 0 aromatic heterocycles. The van der Waals surface area contributed by atoms with Gasteiger partial charge in [0, 0.05) is 29.9 Å². The number of anilines is 2. The summed E-state index contributed by atoms with van der Waals surface area (Å²) >= 11 is 0. The molecular weight excluding hydrogens is 346 g/mol. The van der Waals surface area contributed by atoms with Crippen LogP contribution < -0.4 is 20.7 Å². The molecule has 0 spiro atoms. The highest BCUT2D eigenvalue weighted by atomic mass is 16.5. The highest BCUT2D eigenvalue weighted by Gasteiger charge is 2.07. The molecule has 7 nitrogen and oxygen atoms in total. The van der Waals surface area contributed by atoms with E-state index in [9.17, 15) is 14.4 Å². The van der Waals surface area contributed by atoms with Gasteiger partial charge in [0.15, 0.2) is 12.4 Å².